The first-order valence-corrected chi connectivity index (χ1v) is 10.4. The van der Waals surface area contributed by atoms with Crippen molar-refractivity contribution in [2.45, 2.75) is 50.0 Å². The summed E-state index contributed by atoms with van der Waals surface area (Å²) in [7, 11) is -3.89. The van der Waals surface area contributed by atoms with Crippen molar-refractivity contribution in [2.75, 3.05) is 19.7 Å². The third-order valence-electron chi connectivity index (χ3n) is 5.21. The van der Waals surface area contributed by atoms with E-state index in [4.69, 9.17) is 4.74 Å². The number of piperidine rings is 2. The molecular formula is C18H26N2O4S. The maximum absolute atomic E-state index is 12.2. The molecule has 6 nitrogen and oxygen atoms in total. The molecule has 7 heteroatoms. The quantitative estimate of drug-likeness (QED) is 0.887. The van der Waals surface area contributed by atoms with Crippen LogP contribution in [0.3, 0.4) is 0 Å². The minimum atomic E-state index is -3.89. The molecule has 2 fully saturated rings. The van der Waals surface area contributed by atoms with E-state index in [9.17, 15) is 13.2 Å². The first-order chi connectivity index (χ1) is 12.0. The topological polar surface area (TPSA) is 75.7 Å². The number of nitrogens with zero attached hydrogens (tertiary/aromatic N) is 1. The van der Waals surface area contributed by atoms with Gasteiger partial charge in [0.25, 0.3) is 10.0 Å². The molecule has 0 aliphatic carbocycles. The van der Waals surface area contributed by atoms with Crippen molar-refractivity contribution >= 4 is 16.1 Å². The number of aryl methyl sites for hydroxylation is 1. The highest BCUT2D eigenvalue weighted by Crippen LogP contribution is 2.31. The number of amides is 1. The van der Waals surface area contributed by atoms with Crippen molar-refractivity contribution in [1.82, 2.24) is 9.62 Å². The molecule has 2 aliphatic heterocycles. The van der Waals surface area contributed by atoms with E-state index in [0.29, 0.717) is 12.0 Å². The molecule has 25 heavy (non-hydrogen) atoms. The molecule has 2 heterocycles. The van der Waals surface area contributed by atoms with Gasteiger partial charge in [-0.2, -0.15) is 0 Å². The van der Waals surface area contributed by atoms with Crippen LogP contribution in [0.25, 0.3) is 0 Å². The second kappa shape index (κ2) is 7.74. The molecule has 1 aromatic carbocycles. The van der Waals surface area contributed by atoms with E-state index in [0.717, 1.165) is 37.9 Å². The summed E-state index contributed by atoms with van der Waals surface area (Å²) in [4.78, 5) is 14.5. The zero-order valence-electron chi connectivity index (χ0n) is 14.6. The summed E-state index contributed by atoms with van der Waals surface area (Å²) >= 11 is 0. The van der Waals surface area contributed by atoms with Crippen LogP contribution in [0.4, 0.5) is 4.79 Å². The molecule has 2 aliphatic rings. The predicted molar refractivity (Wildman–Crippen MR) is 94.8 cm³/mol. The van der Waals surface area contributed by atoms with Gasteiger partial charge in [0.15, 0.2) is 0 Å². The zero-order valence-corrected chi connectivity index (χ0v) is 15.4. The minimum absolute atomic E-state index is 0.0613. The Bertz CT molecular complexity index is 700. The summed E-state index contributed by atoms with van der Waals surface area (Å²) in [6.45, 7) is 4.39. The molecule has 1 amide bonds. The fraction of sp³-hybridized carbons (Fsp3) is 0.611. The number of nitrogens with one attached hydrogen (secondary N) is 1. The lowest BCUT2D eigenvalue weighted by Crippen LogP contribution is -2.49. The lowest BCUT2D eigenvalue weighted by atomic mass is 9.84. The van der Waals surface area contributed by atoms with Crippen LogP contribution in [0.5, 0.6) is 0 Å². The molecule has 0 aromatic heterocycles. The average molecular weight is 366 g/mol. The van der Waals surface area contributed by atoms with Gasteiger partial charge in [-0.25, -0.2) is 17.9 Å². The van der Waals surface area contributed by atoms with E-state index in [1.54, 1.807) is 12.1 Å². The number of sulfonamides is 1. The molecule has 0 spiro atoms. The lowest BCUT2D eigenvalue weighted by Gasteiger charge is -2.44. The Balaban J connectivity index is 1.54. The first-order valence-electron chi connectivity index (χ1n) is 8.96. The van der Waals surface area contributed by atoms with Gasteiger partial charge >= 0.3 is 6.09 Å². The van der Waals surface area contributed by atoms with Crippen molar-refractivity contribution in [3.63, 3.8) is 0 Å². The third kappa shape index (κ3) is 4.52. The van der Waals surface area contributed by atoms with Crippen LogP contribution in [-0.2, 0) is 14.8 Å². The number of fused-ring (bicyclic) bond motifs is 1. The van der Waals surface area contributed by atoms with Gasteiger partial charge in [-0.15, -0.1) is 0 Å². The third-order valence-corrected chi connectivity index (χ3v) is 6.53. The number of carbonyl (C=O) groups excluding carboxylic acids is 1. The SMILES string of the molecule is Cc1ccc(S(=O)(=O)NC(=O)OC[C@H]2CCCN3CCCC[C@@H]23)cc1. The zero-order chi connectivity index (χ0) is 17.9. The fourth-order valence-corrected chi connectivity index (χ4v) is 4.76. The molecule has 3 rings (SSSR count). The van der Waals surface area contributed by atoms with Crippen molar-refractivity contribution in [1.29, 1.82) is 0 Å². The van der Waals surface area contributed by atoms with Gasteiger partial charge in [-0.1, -0.05) is 24.1 Å². The van der Waals surface area contributed by atoms with Gasteiger partial charge in [-0.3, -0.25) is 4.90 Å². The van der Waals surface area contributed by atoms with Gasteiger partial charge in [-0.05, 0) is 57.8 Å². The summed E-state index contributed by atoms with van der Waals surface area (Å²) in [5.41, 5.74) is 0.955. The molecule has 0 unspecified atom stereocenters. The minimum Gasteiger partial charge on any atom is -0.448 e. The van der Waals surface area contributed by atoms with Crippen molar-refractivity contribution in [3.05, 3.63) is 29.8 Å². The number of hydrogen-bond donors (Lipinski definition) is 1. The van der Waals surface area contributed by atoms with Gasteiger partial charge in [0.2, 0.25) is 0 Å². The number of benzene rings is 1. The van der Waals surface area contributed by atoms with E-state index in [1.165, 1.54) is 25.0 Å². The van der Waals surface area contributed by atoms with E-state index in [1.807, 2.05) is 11.6 Å². The lowest BCUT2D eigenvalue weighted by molar-refractivity contribution is 0.0245. The maximum atomic E-state index is 12.2. The van der Waals surface area contributed by atoms with Gasteiger partial charge in [0.05, 0.1) is 11.5 Å². The molecule has 2 saturated heterocycles. The van der Waals surface area contributed by atoms with Crippen LogP contribution in [0.1, 0.15) is 37.7 Å². The smallest absolute Gasteiger partial charge is 0.421 e. The van der Waals surface area contributed by atoms with E-state index in [-0.39, 0.29) is 11.5 Å². The van der Waals surface area contributed by atoms with Crippen molar-refractivity contribution in [2.24, 2.45) is 5.92 Å². The molecule has 0 radical (unpaired) electrons. The van der Waals surface area contributed by atoms with Crippen molar-refractivity contribution in [3.8, 4) is 0 Å². The highest BCUT2D eigenvalue weighted by molar-refractivity contribution is 7.90. The fourth-order valence-electron chi connectivity index (χ4n) is 3.87. The summed E-state index contributed by atoms with van der Waals surface area (Å²) in [5, 5.41) is 0. The second-order valence-corrected chi connectivity index (χ2v) is 8.70. The molecular weight excluding hydrogens is 340 g/mol. The van der Waals surface area contributed by atoms with Crippen LogP contribution >= 0.6 is 0 Å². The number of ether oxygens (including phenoxy) is 1. The van der Waals surface area contributed by atoms with E-state index in [2.05, 4.69) is 4.90 Å². The molecule has 0 saturated carbocycles. The van der Waals surface area contributed by atoms with Crippen LogP contribution in [0.2, 0.25) is 0 Å². The number of rotatable bonds is 4. The molecule has 2 atom stereocenters. The van der Waals surface area contributed by atoms with E-state index >= 15 is 0 Å². The predicted octanol–water partition coefficient (Wildman–Crippen LogP) is 2.67. The van der Waals surface area contributed by atoms with Crippen LogP contribution in [0, 0.1) is 12.8 Å². The Morgan fingerprint density at radius 3 is 2.64 bits per heavy atom. The molecule has 1 aromatic rings. The van der Waals surface area contributed by atoms with Crippen LogP contribution < -0.4 is 4.72 Å². The largest absolute Gasteiger partial charge is 0.448 e. The Kier molecular flexibility index (Phi) is 5.64. The Morgan fingerprint density at radius 2 is 1.88 bits per heavy atom. The molecule has 0 bridgehead atoms. The summed E-state index contributed by atoms with van der Waals surface area (Å²) < 4.78 is 31.7. The van der Waals surface area contributed by atoms with Crippen LogP contribution in [-0.4, -0.2) is 45.1 Å². The highest BCUT2D eigenvalue weighted by atomic mass is 32.2. The van der Waals surface area contributed by atoms with Crippen LogP contribution in [0.15, 0.2) is 29.2 Å². The molecule has 1 N–H and O–H groups in total. The normalized spacial score (nSPS) is 24.4. The maximum Gasteiger partial charge on any atom is 0.421 e. The first kappa shape index (κ1) is 18.2. The Morgan fingerprint density at radius 1 is 1.16 bits per heavy atom. The Hall–Kier alpha value is -1.60. The highest BCUT2D eigenvalue weighted by Gasteiger charge is 2.33. The van der Waals surface area contributed by atoms with E-state index < -0.39 is 16.1 Å². The molecule has 138 valence electrons. The number of carbonyl (C=O) groups is 1. The van der Waals surface area contributed by atoms with Gasteiger partial charge < -0.3 is 4.74 Å². The summed E-state index contributed by atoms with van der Waals surface area (Å²) in [5.74, 6) is 0.293. The second-order valence-electron chi connectivity index (χ2n) is 7.02. The standard InChI is InChI=1S/C18H26N2O4S/c1-14-7-9-16(10-8-14)25(22,23)19-18(21)24-13-15-5-4-12-20-11-3-2-6-17(15)20/h7-10,15,17H,2-6,11-13H2,1H3,(H,19,21)/t15-,17+/m1/s1. The Labute approximate surface area is 149 Å². The monoisotopic (exact) mass is 366 g/mol. The van der Waals surface area contributed by atoms with Gasteiger partial charge in [0, 0.05) is 12.0 Å². The van der Waals surface area contributed by atoms with Gasteiger partial charge in [0.1, 0.15) is 0 Å². The summed E-state index contributed by atoms with van der Waals surface area (Å²) in [6, 6.07) is 6.81. The average Bonchev–Trinajstić information content (AvgIpc) is 2.60. The number of hydrogen-bond acceptors (Lipinski definition) is 5. The summed E-state index contributed by atoms with van der Waals surface area (Å²) in [6.07, 6.45) is 4.82. The van der Waals surface area contributed by atoms with Crippen molar-refractivity contribution < 1.29 is 17.9 Å².